The molecule has 1 aromatic heterocycles. The van der Waals surface area contributed by atoms with E-state index < -0.39 is 5.67 Å². The maximum atomic E-state index is 13.8. The zero-order chi connectivity index (χ0) is 10.9. The van der Waals surface area contributed by atoms with E-state index in [4.69, 9.17) is 0 Å². The number of imidazole rings is 1. The fraction of sp³-hybridized carbons (Fsp3) is 0.727. The van der Waals surface area contributed by atoms with E-state index >= 15 is 0 Å². The van der Waals surface area contributed by atoms with Gasteiger partial charge in [0, 0.05) is 26.0 Å². The van der Waals surface area contributed by atoms with Gasteiger partial charge in [-0.3, -0.25) is 4.90 Å². The standard InChI is InChI=1S/C11H18FN3/c1-11(12)4-3-6-15(9-11)8-10-13-5-7-14(10)2/h5,7H,3-4,6,8-9H2,1-2H3/t11-/m0/s1. The van der Waals surface area contributed by atoms with Crippen LogP contribution < -0.4 is 0 Å². The lowest BCUT2D eigenvalue weighted by atomic mass is 9.97. The number of aryl methyl sites for hydroxylation is 1. The number of likely N-dealkylation sites (tertiary alicyclic amines) is 1. The second-order valence-electron chi connectivity index (χ2n) is 4.68. The molecule has 4 heteroatoms. The van der Waals surface area contributed by atoms with E-state index in [9.17, 15) is 4.39 Å². The summed E-state index contributed by atoms with van der Waals surface area (Å²) in [5, 5.41) is 0. The van der Waals surface area contributed by atoms with Crippen LogP contribution in [-0.2, 0) is 13.6 Å². The molecule has 1 aliphatic rings. The van der Waals surface area contributed by atoms with Crippen molar-refractivity contribution in [3.63, 3.8) is 0 Å². The van der Waals surface area contributed by atoms with Crippen LogP contribution in [0.4, 0.5) is 4.39 Å². The molecule has 0 aromatic carbocycles. The lowest BCUT2D eigenvalue weighted by molar-refractivity contribution is 0.0545. The Hall–Kier alpha value is -0.900. The normalized spacial score (nSPS) is 28.2. The molecule has 0 amide bonds. The Morgan fingerprint density at radius 1 is 1.60 bits per heavy atom. The third-order valence-electron chi connectivity index (χ3n) is 3.01. The smallest absolute Gasteiger partial charge is 0.122 e. The molecule has 0 radical (unpaired) electrons. The third kappa shape index (κ3) is 2.56. The second-order valence-corrected chi connectivity index (χ2v) is 4.68. The highest BCUT2D eigenvalue weighted by atomic mass is 19.1. The Balaban J connectivity index is 1.98. The Bertz CT molecular complexity index is 332. The molecule has 0 unspecified atom stereocenters. The third-order valence-corrected chi connectivity index (χ3v) is 3.01. The number of piperidine rings is 1. The van der Waals surface area contributed by atoms with Crippen LogP contribution in [0.3, 0.4) is 0 Å². The molecule has 1 fully saturated rings. The first-order chi connectivity index (χ1) is 7.07. The lowest BCUT2D eigenvalue weighted by Gasteiger charge is -2.34. The van der Waals surface area contributed by atoms with Crippen LogP contribution in [0.1, 0.15) is 25.6 Å². The number of aromatic nitrogens is 2. The van der Waals surface area contributed by atoms with Gasteiger partial charge in [-0.15, -0.1) is 0 Å². The van der Waals surface area contributed by atoms with Gasteiger partial charge in [-0.05, 0) is 26.3 Å². The van der Waals surface area contributed by atoms with Gasteiger partial charge in [0.05, 0.1) is 6.54 Å². The molecule has 15 heavy (non-hydrogen) atoms. The van der Waals surface area contributed by atoms with E-state index in [-0.39, 0.29) is 0 Å². The van der Waals surface area contributed by atoms with Crippen molar-refractivity contribution in [1.29, 1.82) is 0 Å². The molecule has 84 valence electrons. The van der Waals surface area contributed by atoms with Crippen molar-refractivity contribution in [3.05, 3.63) is 18.2 Å². The molecule has 2 heterocycles. The molecule has 1 aliphatic heterocycles. The van der Waals surface area contributed by atoms with Crippen LogP contribution in [0.2, 0.25) is 0 Å². The first-order valence-electron chi connectivity index (χ1n) is 5.44. The van der Waals surface area contributed by atoms with E-state index in [0.717, 1.165) is 25.3 Å². The van der Waals surface area contributed by atoms with Gasteiger partial charge in [-0.25, -0.2) is 9.37 Å². The minimum atomic E-state index is -1.02. The maximum Gasteiger partial charge on any atom is 0.122 e. The zero-order valence-corrected chi connectivity index (χ0v) is 9.41. The van der Waals surface area contributed by atoms with Gasteiger partial charge in [-0.2, -0.15) is 0 Å². The van der Waals surface area contributed by atoms with Crippen LogP contribution in [0.5, 0.6) is 0 Å². The molecule has 1 aromatic rings. The highest BCUT2D eigenvalue weighted by molar-refractivity contribution is 4.93. The molecule has 0 spiro atoms. The first-order valence-corrected chi connectivity index (χ1v) is 5.44. The number of rotatable bonds is 2. The zero-order valence-electron chi connectivity index (χ0n) is 9.41. The molecule has 0 aliphatic carbocycles. The molecule has 3 nitrogen and oxygen atoms in total. The van der Waals surface area contributed by atoms with Crippen molar-refractivity contribution in [2.24, 2.45) is 7.05 Å². The average molecular weight is 211 g/mol. The minimum absolute atomic E-state index is 0.528. The Morgan fingerprint density at radius 3 is 3.00 bits per heavy atom. The summed E-state index contributed by atoms with van der Waals surface area (Å²) in [7, 11) is 1.97. The van der Waals surface area contributed by atoms with Gasteiger partial charge >= 0.3 is 0 Å². The number of halogens is 1. The molecule has 0 bridgehead atoms. The summed E-state index contributed by atoms with van der Waals surface area (Å²) < 4.78 is 15.8. The summed E-state index contributed by atoms with van der Waals surface area (Å²) in [6, 6.07) is 0. The highest BCUT2D eigenvalue weighted by Gasteiger charge is 2.30. The Kier molecular flexibility index (Phi) is 2.78. The van der Waals surface area contributed by atoms with Crippen LogP contribution >= 0.6 is 0 Å². The topological polar surface area (TPSA) is 21.1 Å². The summed E-state index contributed by atoms with van der Waals surface area (Å²) in [6.45, 7) is 3.95. The first kappa shape index (κ1) is 10.6. The van der Waals surface area contributed by atoms with Crippen molar-refractivity contribution in [2.75, 3.05) is 13.1 Å². The van der Waals surface area contributed by atoms with Crippen molar-refractivity contribution >= 4 is 0 Å². The van der Waals surface area contributed by atoms with Gasteiger partial charge in [0.25, 0.3) is 0 Å². The van der Waals surface area contributed by atoms with Crippen LogP contribution in [0.25, 0.3) is 0 Å². The van der Waals surface area contributed by atoms with E-state index in [0.29, 0.717) is 13.0 Å². The van der Waals surface area contributed by atoms with Crippen molar-refractivity contribution in [2.45, 2.75) is 32.0 Å². The highest BCUT2D eigenvalue weighted by Crippen LogP contribution is 2.25. The molecule has 0 N–H and O–H groups in total. The van der Waals surface area contributed by atoms with Gasteiger partial charge in [0.15, 0.2) is 0 Å². The summed E-state index contributed by atoms with van der Waals surface area (Å²) in [5.74, 6) is 1.01. The van der Waals surface area contributed by atoms with Gasteiger partial charge in [0.1, 0.15) is 11.5 Å². The predicted molar refractivity (Wildman–Crippen MR) is 57.2 cm³/mol. The van der Waals surface area contributed by atoms with Crippen LogP contribution in [0, 0.1) is 0 Å². The number of alkyl halides is 1. The summed E-state index contributed by atoms with van der Waals surface area (Å²) in [5.41, 5.74) is -1.02. The fourth-order valence-corrected chi connectivity index (χ4v) is 2.18. The van der Waals surface area contributed by atoms with Crippen molar-refractivity contribution in [3.8, 4) is 0 Å². The van der Waals surface area contributed by atoms with E-state index in [1.165, 1.54) is 0 Å². The molecule has 0 saturated carbocycles. The molecule has 2 rings (SSSR count). The second kappa shape index (κ2) is 3.93. The monoisotopic (exact) mass is 211 g/mol. The minimum Gasteiger partial charge on any atom is -0.337 e. The van der Waals surface area contributed by atoms with Crippen molar-refractivity contribution in [1.82, 2.24) is 14.5 Å². The SMILES string of the molecule is Cn1ccnc1CN1CCC[C@](C)(F)C1. The van der Waals surface area contributed by atoms with Gasteiger partial charge in [-0.1, -0.05) is 0 Å². The van der Waals surface area contributed by atoms with Gasteiger partial charge < -0.3 is 4.57 Å². The molecule has 1 saturated heterocycles. The number of nitrogens with zero attached hydrogens (tertiary/aromatic N) is 3. The lowest BCUT2D eigenvalue weighted by Crippen LogP contribution is -2.43. The fourth-order valence-electron chi connectivity index (χ4n) is 2.18. The number of hydrogen-bond donors (Lipinski definition) is 0. The summed E-state index contributed by atoms with van der Waals surface area (Å²) >= 11 is 0. The van der Waals surface area contributed by atoms with Crippen LogP contribution in [-0.4, -0.2) is 33.2 Å². The quantitative estimate of drug-likeness (QED) is 0.743. The summed E-state index contributed by atoms with van der Waals surface area (Å²) in [6.07, 6.45) is 5.34. The van der Waals surface area contributed by atoms with E-state index in [2.05, 4.69) is 9.88 Å². The molecule has 1 atom stereocenters. The Labute approximate surface area is 89.9 Å². The van der Waals surface area contributed by atoms with Crippen molar-refractivity contribution < 1.29 is 4.39 Å². The number of hydrogen-bond acceptors (Lipinski definition) is 2. The van der Waals surface area contributed by atoms with E-state index in [1.54, 1.807) is 13.1 Å². The summed E-state index contributed by atoms with van der Waals surface area (Å²) in [4.78, 5) is 6.40. The van der Waals surface area contributed by atoms with E-state index in [1.807, 2.05) is 17.8 Å². The van der Waals surface area contributed by atoms with Gasteiger partial charge in [0.2, 0.25) is 0 Å². The largest absolute Gasteiger partial charge is 0.337 e. The molecular formula is C11H18FN3. The Morgan fingerprint density at radius 2 is 2.40 bits per heavy atom. The average Bonchev–Trinajstić information content (AvgIpc) is 2.50. The predicted octanol–water partition coefficient (Wildman–Crippen LogP) is 1.74. The maximum absolute atomic E-state index is 13.8. The molecular weight excluding hydrogens is 193 g/mol. The van der Waals surface area contributed by atoms with Crippen LogP contribution in [0.15, 0.2) is 12.4 Å².